The van der Waals surface area contributed by atoms with E-state index in [1.165, 1.54) is 16.4 Å². The van der Waals surface area contributed by atoms with Crippen molar-refractivity contribution in [3.63, 3.8) is 0 Å². The molecular formula is C15H19FN2O2S. The smallest absolute Gasteiger partial charge is 0.207 e. The van der Waals surface area contributed by atoms with Crippen LogP contribution >= 0.6 is 0 Å². The second-order valence-corrected chi connectivity index (χ2v) is 8.35. The summed E-state index contributed by atoms with van der Waals surface area (Å²) in [7, 11) is -3.83. The Kier molecular flexibility index (Phi) is 4.09. The molecule has 0 radical (unpaired) electrons. The zero-order valence-electron chi connectivity index (χ0n) is 12.4. The van der Waals surface area contributed by atoms with Gasteiger partial charge in [0.25, 0.3) is 0 Å². The maximum Gasteiger partial charge on any atom is 0.244 e. The van der Waals surface area contributed by atoms with Gasteiger partial charge in [-0.05, 0) is 29.9 Å². The predicted octanol–water partition coefficient (Wildman–Crippen LogP) is 2.75. The van der Waals surface area contributed by atoms with Gasteiger partial charge in [0, 0.05) is 13.1 Å². The lowest BCUT2D eigenvalue weighted by molar-refractivity contribution is 0.252. The van der Waals surface area contributed by atoms with Crippen LogP contribution in [0.4, 0.5) is 4.39 Å². The highest BCUT2D eigenvalue weighted by Crippen LogP contribution is 2.36. The zero-order chi connectivity index (χ0) is 15.8. The molecule has 1 aliphatic heterocycles. The number of sulfonamides is 1. The molecule has 2 rings (SSSR count). The van der Waals surface area contributed by atoms with Crippen LogP contribution in [0.25, 0.3) is 0 Å². The van der Waals surface area contributed by atoms with Crippen molar-refractivity contribution in [2.75, 3.05) is 13.1 Å². The van der Waals surface area contributed by atoms with Crippen LogP contribution in [0.1, 0.15) is 32.8 Å². The average Bonchev–Trinajstić information content (AvgIpc) is 2.88. The summed E-state index contributed by atoms with van der Waals surface area (Å²) in [5.74, 6) is -0.545. The Bertz CT molecular complexity index is 687. The Morgan fingerprint density at radius 3 is 2.57 bits per heavy atom. The van der Waals surface area contributed by atoms with Crippen molar-refractivity contribution in [3.8, 4) is 6.07 Å². The van der Waals surface area contributed by atoms with Gasteiger partial charge in [-0.3, -0.25) is 0 Å². The number of halogens is 1. The largest absolute Gasteiger partial charge is 0.244 e. The third-order valence-electron chi connectivity index (χ3n) is 4.08. The van der Waals surface area contributed by atoms with E-state index in [0.29, 0.717) is 13.1 Å². The van der Waals surface area contributed by atoms with Gasteiger partial charge in [-0.2, -0.15) is 9.57 Å². The summed E-state index contributed by atoms with van der Waals surface area (Å²) >= 11 is 0. The molecule has 114 valence electrons. The van der Waals surface area contributed by atoms with E-state index in [-0.39, 0.29) is 16.2 Å². The fraction of sp³-hybridized carbons (Fsp3) is 0.533. The Morgan fingerprint density at radius 2 is 2.05 bits per heavy atom. The lowest BCUT2D eigenvalue weighted by Gasteiger charge is -2.27. The van der Waals surface area contributed by atoms with Crippen LogP contribution < -0.4 is 0 Å². The number of rotatable bonds is 2. The molecule has 0 saturated carbocycles. The van der Waals surface area contributed by atoms with E-state index < -0.39 is 21.4 Å². The second-order valence-electron chi connectivity index (χ2n) is 6.44. The molecule has 1 aliphatic rings. The number of nitriles is 1. The first-order valence-corrected chi connectivity index (χ1v) is 8.30. The van der Waals surface area contributed by atoms with Gasteiger partial charge in [-0.15, -0.1) is 0 Å². The number of hydrogen-bond donors (Lipinski definition) is 0. The Balaban J connectivity index is 2.38. The van der Waals surface area contributed by atoms with Gasteiger partial charge in [-0.1, -0.05) is 26.8 Å². The molecule has 6 heteroatoms. The molecule has 1 atom stereocenters. The standard InChI is InChI=1S/C15H19FN2O2S/c1-15(2,3)11-7-8-18(10-11)21(19,20)14-6-4-5-13(16)12(14)9-17/h4-6,11H,7-8,10H2,1-3H3. The molecule has 0 bridgehead atoms. The maximum atomic E-state index is 13.6. The van der Waals surface area contributed by atoms with Gasteiger partial charge >= 0.3 is 0 Å². The van der Waals surface area contributed by atoms with Gasteiger partial charge < -0.3 is 0 Å². The molecule has 4 nitrogen and oxygen atoms in total. The summed E-state index contributed by atoms with van der Waals surface area (Å²) in [4.78, 5) is -0.237. The van der Waals surface area contributed by atoms with Crippen LogP contribution in [-0.2, 0) is 10.0 Å². The zero-order valence-corrected chi connectivity index (χ0v) is 13.2. The van der Waals surface area contributed by atoms with Gasteiger partial charge in [0.2, 0.25) is 10.0 Å². The van der Waals surface area contributed by atoms with Crippen LogP contribution in [-0.4, -0.2) is 25.8 Å². The molecule has 0 amide bonds. The SMILES string of the molecule is CC(C)(C)C1CCN(S(=O)(=O)c2cccc(F)c2C#N)C1. The minimum Gasteiger partial charge on any atom is -0.207 e. The van der Waals surface area contributed by atoms with E-state index in [1.807, 2.05) is 0 Å². The van der Waals surface area contributed by atoms with Crippen molar-refractivity contribution in [2.24, 2.45) is 11.3 Å². The maximum absolute atomic E-state index is 13.6. The quantitative estimate of drug-likeness (QED) is 0.844. The molecule has 0 spiro atoms. The summed E-state index contributed by atoms with van der Waals surface area (Å²) in [5, 5.41) is 9.01. The molecule has 21 heavy (non-hydrogen) atoms. The van der Waals surface area contributed by atoms with E-state index in [1.54, 1.807) is 6.07 Å². The van der Waals surface area contributed by atoms with Crippen LogP contribution in [0.3, 0.4) is 0 Å². The molecule has 1 aromatic carbocycles. The van der Waals surface area contributed by atoms with E-state index in [9.17, 15) is 12.8 Å². The van der Waals surface area contributed by atoms with Crippen molar-refractivity contribution >= 4 is 10.0 Å². The van der Waals surface area contributed by atoms with E-state index in [4.69, 9.17) is 5.26 Å². The molecule has 0 aliphatic carbocycles. The highest BCUT2D eigenvalue weighted by molar-refractivity contribution is 7.89. The third-order valence-corrected chi connectivity index (χ3v) is 5.99. The van der Waals surface area contributed by atoms with Gasteiger partial charge in [0.1, 0.15) is 22.3 Å². The van der Waals surface area contributed by atoms with E-state index >= 15 is 0 Å². The molecule has 1 aromatic rings. The minimum absolute atomic E-state index is 0.0181. The van der Waals surface area contributed by atoms with Crippen molar-refractivity contribution in [3.05, 3.63) is 29.6 Å². The van der Waals surface area contributed by atoms with Crippen molar-refractivity contribution in [1.82, 2.24) is 4.31 Å². The highest BCUT2D eigenvalue weighted by atomic mass is 32.2. The first kappa shape index (κ1) is 15.9. The Hall–Kier alpha value is -1.45. The number of hydrogen-bond acceptors (Lipinski definition) is 3. The predicted molar refractivity (Wildman–Crippen MR) is 77.4 cm³/mol. The lowest BCUT2D eigenvalue weighted by atomic mass is 9.80. The molecule has 0 N–H and O–H groups in total. The molecular weight excluding hydrogens is 291 g/mol. The molecule has 1 fully saturated rings. The van der Waals surface area contributed by atoms with Crippen molar-refractivity contribution in [1.29, 1.82) is 5.26 Å². The molecule has 1 heterocycles. The highest BCUT2D eigenvalue weighted by Gasteiger charge is 2.38. The van der Waals surface area contributed by atoms with E-state index in [0.717, 1.165) is 12.5 Å². The van der Waals surface area contributed by atoms with Crippen LogP contribution in [0.2, 0.25) is 0 Å². The average molecular weight is 310 g/mol. The van der Waals surface area contributed by atoms with Crippen molar-refractivity contribution in [2.45, 2.75) is 32.1 Å². The fourth-order valence-electron chi connectivity index (χ4n) is 2.62. The molecule has 1 saturated heterocycles. The van der Waals surface area contributed by atoms with Gasteiger partial charge in [-0.25, -0.2) is 12.8 Å². The second kappa shape index (κ2) is 5.39. The first-order chi connectivity index (χ1) is 9.67. The molecule has 1 unspecified atom stereocenters. The van der Waals surface area contributed by atoms with Gasteiger partial charge in [0.05, 0.1) is 0 Å². The minimum atomic E-state index is -3.83. The monoisotopic (exact) mass is 310 g/mol. The topological polar surface area (TPSA) is 61.2 Å². The first-order valence-electron chi connectivity index (χ1n) is 6.86. The number of benzene rings is 1. The normalized spacial score (nSPS) is 20.4. The fourth-order valence-corrected chi connectivity index (χ4v) is 4.27. The Morgan fingerprint density at radius 1 is 1.38 bits per heavy atom. The van der Waals surface area contributed by atoms with Crippen LogP contribution in [0.15, 0.2) is 23.1 Å². The lowest BCUT2D eigenvalue weighted by Crippen LogP contribution is -2.31. The Labute approximate surface area is 125 Å². The summed E-state index contributed by atoms with van der Waals surface area (Å²) in [6.45, 7) is 7.06. The summed E-state index contributed by atoms with van der Waals surface area (Å²) < 4.78 is 40.3. The van der Waals surface area contributed by atoms with E-state index in [2.05, 4.69) is 20.8 Å². The summed E-state index contributed by atoms with van der Waals surface area (Å²) in [6.07, 6.45) is 0.778. The summed E-state index contributed by atoms with van der Waals surface area (Å²) in [6, 6.07) is 5.36. The van der Waals surface area contributed by atoms with Crippen LogP contribution in [0, 0.1) is 28.5 Å². The molecule has 0 aromatic heterocycles. The number of nitrogens with zero attached hydrogens (tertiary/aromatic N) is 2. The third kappa shape index (κ3) is 2.94. The summed E-state index contributed by atoms with van der Waals surface area (Å²) in [5.41, 5.74) is -0.388. The van der Waals surface area contributed by atoms with Crippen molar-refractivity contribution < 1.29 is 12.8 Å². The van der Waals surface area contributed by atoms with Gasteiger partial charge in [0.15, 0.2) is 0 Å². The van der Waals surface area contributed by atoms with Crippen LogP contribution in [0.5, 0.6) is 0 Å².